The summed E-state index contributed by atoms with van der Waals surface area (Å²) in [5.74, 6) is -0.0947. The van der Waals surface area contributed by atoms with Crippen molar-refractivity contribution in [3.63, 3.8) is 0 Å². The van der Waals surface area contributed by atoms with Crippen LogP contribution in [0.4, 0.5) is 11.4 Å². The maximum absolute atomic E-state index is 12.2. The largest absolute Gasteiger partial charge is 0.376 e. The molecule has 1 aromatic heterocycles. The Balaban J connectivity index is 1.64. The van der Waals surface area contributed by atoms with Gasteiger partial charge in [0.25, 0.3) is 0 Å². The fraction of sp³-hybridized carbons (Fsp3) is 0.158. The van der Waals surface area contributed by atoms with Gasteiger partial charge < -0.3 is 10.6 Å². The lowest BCUT2D eigenvalue weighted by Gasteiger charge is -2.10. The molecule has 2 N–H and O–H groups in total. The van der Waals surface area contributed by atoms with Gasteiger partial charge in [0, 0.05) is 17.3 Å². The zero-order valence-electron chi connectivity index (χ0n) is 13.0. The number of anilines is 2. The molecule has 3 rings (SSSR count). The van der Waals surface area contributed by atoms with Crippen molar-refractivity contribution in [3.05, 3.63) is 66.4 Å². The van der Waals surface area contributed by atoms with E-state index in [2.05, 4.69) is 34.7 Å². The Morgan fingerprint density at radius 3 is 2.61 bits per heavy atom. The topological polar surface area (TPSA) is 54.0 Å². The summed E-state index contributed by atoms with van der Waals surface area (Å²) >= 11 is 0. The van der Waals surface area contributed by atoms with Crippen molar-refractivity contribution in [3.8, 4) is 0 Å². The number of amides is 1. The Kier molecular flexibility index (Phi) is 4.52. The second kappa shape index (κ2) is 6.92. The number of pyridine rings is 1. The first kappa shape index (κ1) is 15.0. The monoisotopic (exact) mass is 305 g/mol. The van der Waals surface area contributed by atoms with Gasteiger partial charge in [-0.05, 0) is 36.2 Å². The molecule has 0 saturated carbocycles. The number of nitrogens with one attached hydrogen (secondary N) is 2. The average Bonchev–Trinajstić information content (AvgIpc) is 2.61. The Labute approximate surface area is 135 Å². The third-order valence-corrected chi connectivity index (χ3v) is 3.72. The van der Waals surface area contributed by atoms with Crippen LogP contribution in [0.3, 0.4) is 0 Å². The summed E-state index contributed by atoms with van der Waals surface area (Å²) in [6.45, 7) is 2.34. The Bertz CT molecular complexity index is 807. The minimum atomic E-state index is -0.0947. The van der Waals surface area contributed by atoms with Crippen LogP contribution < -0.4 is 10.6 Å². The van der Waals surface area contributed by atoms with Crippen molar-refractivity contribution < 1.29 is 4.79 Å². The Hall–Kier alpha value is -2.88. The molecule has 4 nitrogen and oxygen atoms in total. The first-order valence-electron chi connectivity index (χ1n) is 7.72. The predicted molar refractivity (Wildman–Crippen MR) is 94.7 cm³/mol. The predicted octanol–water partition coefficient (Wildman–Crippen LogP) is 3.85. The molecular weight excluding hydrogens is 286 g/mol. The lowest BCUT2D eigenvalue weighted by molar-refractivity contribution is -0.114. The van der Waals surface area contributed by atoms with Gasteiger partial charge in [-0.25, -0.2) is 0 Å². The first-order valence-corrected chi connectivity index (χ1v) is 7.72. The second-order valence-electron chi connectivity index (χ2n) is 5.33. The van der Waals surface area contributed by atoms with Gasteiger partial charge in [-0.2, -0.15) is 0 Å². The highest BCUT2D eigenvalue weighted by atomic mass is 16.1. The summed E-state index contributed by atoms with van der Waals surface area (Å²) in [6, 6.07) is 17.7. The molecule has 0 atom stereocenters. The van der Waals surface area contributed by atoms with Gasteiger partial charge in [0.05, 0.1) is 17.7 Å². The first-order chi connectivity index (χ1) is 11.3. The molecule has 0 unspecified atom stereocenters. The van der Waals surface area contributed by atoms with Crippen LogP contribution in [0.2, 0.25) is 0 Å². The van der Waals surface area contributed by atoms with Gasteiger partial charge in [0.15, 0.2) is 0 Å². The fourth-order valence-electron chi connectivity index (χ4n) is 2.44. The van der Waals surface area contributed by atoms with E-state index in [1.165, 1.54) is 5.56 Å². The summed E-state index contributed by atoms with van der Waals surface area (Å²) in [5.41, 5.74) is 3.75. The number of para-hydroxylation sites is 1. The van der Waals surface area contributed by atoms with Crippen LogP contribution in [0.5, 0.6) is 0 Å². The number of nitrogens with zero attached hydrogens (tertiary/aromatic N) is 1. The smallest absolute Gasteiger partial charge is 0.243 e. The van der Waals surface area contributed by atoms with Crippen molar-refractivity contribution in [1.29, 1.82) is 0 Å². The lowest BCUT2D eigenvalue weighted by Crippen LogP contribution is -2.21. The number of aryl methyl sites for hydroxylation is 1. The van der Waals surface area contributed by atoms with Gasteiger partial charge in [0.1, 0.15) is 0 Å². The highest BCUT2D eigenvalue weighted by molar-refractivity contribution is 6.01. The van der Waals surface area contributed by atoms with Gasteiger partial charge in [-0.15, -0.1) is 0 Å². The van der Waals surface area contributed by atoms with Gasteiger partial charge in [-0.3, -0.25) is 9.78 Å². The summed E-state index contributed by atoms with van der Waals surface area (Å²) in [4.78, 5) is 16.5. The second-order valence-corrected chi connectivity index (χ2v) is 5.33. The third kappa shape index (κ3) is 3.66. The van der Waals surface area contributed by atoms with Crippen LogP contribution in [0.25, 0.3) is 10.9 Å². The molecule has 3 aromatic rings. The Morgan fingerprint density at radius 1 is 1.04 bits per heavy atom. The van der Waals surface area contributed by atoms with Gasteiger partial charge in [0.2, 0.25) is 5.91 Å². The quantitative estimate of drug-likeness (QED) is 0.753. The highest BCUT2D eigenvalue weighted by Crippen LogP contribution is 2.20. The number of rotatable bonds is 5. The van der Waals surface area contributed by atoms with E-state index in [-0.39, 0.29) is 12.5 Å². The van der Waals surface area contributed by atoms with Crippen LogP contribution in [-0.2, 0) is 11.2 Å². The average molecular weight is 305 g/mol. The maximum atomic E-state index is 12.2. The third-order valence-electron chi connectivity index (χ3n) is 3.72. The van der Waals surface area contributed by atoms with Crippen LogP contribution in [0, 0.1) is 0 Å². The molecule has 0 aliphatic heterocycles. The van der Waals surface area contributed by atoms with Crippen molar-refractivity contribution in [1.82, 2.24) is 4.98 Å². The molecule has 2 aromatic carbocycles. The molecule has 0 aliphatic rings. The van der Waals surface area contributed by atoms with Crippen LogP contribution in [0.1, 0.15) is 12.5 Å². The maximum Gasteiger partial charge on any atom is 0.243 e. The molecule has 0 bridgehead atoms. The van der Waals surface area contributed by atoms with Gasteiger partial charge >= 0.3 is 0 Å². The number of hydrogen-bond acceptors (Lipinski definition) is 3. The number of hydrogen-bond donors (Lipinski definition) is 2. The highest BCUT2D eigenvalue weighted by Gasteiger charge is 2.06. The summed E-state index contributed by atoms with van der Waals surface area (Å²) < 4.78 is 0. The van der Waals surface area contributed by atoms with Gasteiger partial charge in [-0.1, -0.05) is 37.3 Å². The number of aromatic nitrogens is 1. The van der Waals surface area contributed by atoms with Crippen molar-refractivity contribution >= 4 is 28.2 Å². The number of benzene rings is 2. The number of fused-ring (bicyclic) bond motifs is 1. The van der Waals surface area contributed by atoms with E-state index in [0.717, 1.165) is 28.7 Å². The molecule has 0 aliphatic carbocycles. The number of carbonyl (C=O) groups excluding carboxylic acids is 1. The molecule has 116 valence electrons. The minimum absolute atomic E-state index is 0.0947. The summed E-state index contributed by atoms with van der Waals surface area (Å²) in [7, 11) is 0. The van der Waals surface area contributed by atoms with E-state index in [4.69, 9.17) is 0 Å². The van der Waals surface area contributed by atoms with Crippen LogP contribution >= 0.6 is 0 Å². The van der Waals surface area contributed by atoms with Crippen molar-refractivity contribution in [2.45, 2.75) is 13.3 Å². The molecule has 0 radical (unpaired) electrons. The van der Waals surface area contributed by atoms with Crippen LogP contribution in [-0.4, -0.2) is 17.4 Å². The van der Waals surface area contributed by atoms with Crippen LogP contribution in [0.15, 0.2) is 60.8 Å². The molecule has 0 saturated heterocycles. The normalized spacial score (nSPS) is 10.5. The number of carbonyl (C=O) groups is 1. The van der Waals surface area contributed by atoms with E-state index in [0.29, 0.717) is 0 Å². The van der Waals surface area contributed by atoms with Crippen molar-refractivity contribution in [2.24, 2.45) is 0 Å². The fourth-order valence-corrected chi connectivity index (χ4v) is 2.44. The molecule has 4 heteroatoms. The van der Waals surface area contributed by atoms with E-state index in [1.807, 2.05) is 42.5 Å². The van der Waals surface area contributed by atoms with E-state index in [9.17, 15) is 4.79 Å². The minimum Gasteiger partial charge on any atom is -0.376 e. The van der Waals surface area contributed by atoms with E-state index in [1.54, 1.807) is 6.20 Å². The summed E-state index contributed by atoms with van der Waals surface area (Å²) in [5, 5.41) is 7.05. The SMILES string of the molecule is CCc1ccc(NCC(=O)Nc2cccc3cccnc23)cc1. The molecule has 1 heterocycles. The summed E-state index contributed by atoms with van der Waals surface area (Å²) in [6.07, 6.45) is 2.74. The standard InChI is InChI=1S/C19H19N3O/c1-2-14-8-10-16(11-9-14)21-13-18(23)22-17-7-3-5-15-6-4-12-20-19(15)17/h3-12,21H,2,13H2,1H3,(H,22,23). The lowest BCUT2D eigenvalue weighted by atomic mass is 10.1. The van der Waals surface area contributed by atoms with E-state index >= 15 is 0 Å². The van der Waals surface area contributed by atoms with E-state index < -0.39 is 0 Å². The molecule has 1 amide bonds. The Morgan fingerprint density at radius 2 is 1.83 bits per heavy atom. The molecule has 23 heavy (non-hydrogen) atoms. The zero-order valence-corrected chi connectivity index (χ0v) is 13.0. The van der Waals surface area contributed by atoms with Crippen molar-refractivity contribution in [2.75, 3.05) is 17.2 Å². The zero-order chi connectivity index (χ0) is 16.1. The molecular formula is C19H19N3O. The molecule has 0 fully saturated rings. The molecule has 0 spiro atoms.